The van der Waals surface area contributed by atoms with Crippen molar-refractivity contribution in [2.75, 3.05) is 13.1 Å². The molecule has 0 fully saturated rings. The van der Waals surface area contributed by atoms with Gasteiger partial charge < -0.3 is 10.5 Å². The SMILES string of the molecule is CCN(CC)S(=O)(=O)c1cccc(C(=O)OCc2cccc(C(N)=O)c2)c1. The van der Waals surface area contributed by atoms with Gasteiger partial charge in [-0.05, 0) is 35.9 Å². The van der Waals surface area contributed by atoms with Gasteiger partial charge in [0.1, 0.15) is 6.61 Å². The van der Waals surface area contributed by atoms with Crippen LogP contribution < -0.4 is 5.73 Å². The molecule has 0 radical (unpaired) electrons. The van der Waals surface area contributed by atoms with E-state index in [1.807, 2.05) is 0 Å². The van der Waals surface area contributed by atoms with Crippen molar-refractivity contribution in [2.45, 2.75) is 25.3 Å². The third-order valence-corrected chi connectivity index (χ3v) is 6.04. The average molecular weight is 390 g/mol. The first-order valence-electron chi connectivity index (χ1n) is 8.45. The zero-order valence-electron chi connectivity index (χ0n) is 15.2. The van der Waals surface area contributed by atoms with Crippen LogP contribution in [0.5, 0.6) is 0 Å². The Labute approximate surface area is 158 Å². The lowest BCUT2D eigenvalue weighted by atomic mass is 10.1. The van der Waals surface area contributed by atoms with Crippen molar-refractivity contribution in [2.24, 2.45) is 5.73 Å². The minimum Gasteiger partial charge on any atom is -0.457 e. The fourth-order valence-corrected chi connectivity index (χ4v) is 4.05. The first kappa shape index (κ1) is 20.6. The van der Waals surface area contributed by atoms with Crippen LogP contribution in [0.1, 0.15) is 40.1 Å². The van der Waals surface area contributed by atoms with Crippen molar-refractivity contribution < 1.29 is 22.7 Å². The molecule has 7 nitrogen and oxygen atoms in total. The van der Waals surface area contributed by atoms with Crippen LogP contribution in [0, 0.1) is 0 Å². The number of benzene rings is 2. The number of amides is 1. The second-order valence-corrected chi connectivity index (χ2v) is 7.70. The zero-order chi connectivity index (χ0) is 20.0. The number of sulfonamides is 1. The number of hydrogen-bond acceptors (Lipinski definition) is 5. The molecule has 0 aliphatic carbocycles. The summed E-state index contributed by atoms with van der Waals surface area (Å²) >= 11 is 0. The summed E-state index contributed by atoms with van der Waals surface area (Å²) in [7, 11) is -3.67. The first-order chi connectivity index (χ1) is 12.8. The Morgan fingerprint density at radius 1 is 1.00 bits per heavy atom. The van der Waals surface area contributed by atoms with E-state index in [1.54, 1.807) is 32.0 Å². The number of carbonyl (C=O) groups excluding carboxylic acids is 2. The van der Waals surface area contributed by atoms with E-state index >= 15 is 0 Å². The van der Waals surface area contributed by atoms with Crippen LogP contribution in [0.2, 0.25) is 0 Å². The molecular formula is C19H22N2O5S. The zero-order valence-corrected chi connectivity index (χ0v) is 16.0. The highest BCUT2D eigenvalue weighted by atomic mass is 32.2. The molecule has 8 heteroatoms. The van der Waals surface area contributed by atoms with Gasteiger partial charge in [0.2, 0.25) is 15.9 Å². The lowest BCUT2D eigenvalue weighted by Gasteiger charge is -2.18. The Morgan fingerprint density at radius 3 is 2.26 bits per heavy atom. The summed E-state index contributed by atoms with van der Waals surface area (Å²) in [6, 6.07) is 12.2. The molecule has 2 aromatic rings. The third-order valence-electron chi connectivity index (χ3n) is 3.99. The Morgan fingerprint density at radius 2 is 1.63 bits per heavy atom. The molecule has 1 amide bonds. The topological polar surface area (TPSA) is 107 Å². The van der Waals surface area contributed by atoms with E-state index in [0.717, 1.165) is 0 Å². The molecule has 2 rings (SSSR count). The quantitative estimate of drug-likeness (QED) is 0.695. The number of nitrogens with zero attached hydrogens (tertiary/aromatic N) is 1. The summed E-state index contributed by atoms with van der Waals surface area (Å²) in [4.78, 5) is 23.5. The number of hydrogen-bond donors (Lipinski definition) is 1. The normalized spacial score (nSPS) is 11.4. The Hall–Kier alpha value is -2.71. The minimum atomic E-state index is -3.67. The van der Waals surface area contributed by atoms with E-state index in [1.165, 1.54) is 34.6 Å². The molecule has 0 saturated heterocycles. The molecule has 144 valence electrons. The predicted molar refractivity (Wildman–Crippen MR) is 101 cm³/mol. The van der Waals surface area contributed by atoms with Crippen molar-refractivity contribution in [1.29, 1.82) is 0 Å². The lowest BCUT2D eigenvalue weighted by molar-refractivity contribution is 0.0472. The monoisotopic (exact) mass is 390 g/mol. The fourth-order valence-electron chi connectivity index (χ4n) is 2.54. The number of rotatable bonds is 8. The summed E-state index contributed by atoms with van der Waals surface area (Å²) in [5, 5.41) is 0. The second kappa shape index (κ2) is 8.79. The molecule has 0 atom stereocenters. The van der Waals surface area contributed by atoms with Gasteiger partial charge in [-0.3, -0.25) is 4.79 Å². The Kier molecular flexibility index (Phi) is 6.70. The number of nitrogens with two attached hydrogens (primary N) is 1. The molecule has 0 bridgehead atoms. The molecule has 0 aliphatic rings. The van der Waals surface area contributed by atoms with Gasteiger partial charge in [-0.1, -0.05) is 32.0 Å². The lowest BCUT2D eigenvalue weighted by Crippen LogP contribution is -2.30. The van der Waals surface area contributed by atoms with Crippen LogP contribution >= 0.6 is 0 Å². The van der Waals surface area contributed by atoms with Gasteiger partial charge in [-0.2, -0.15) is 4.31 Å². The van der Waals surface area contributed by atoms with E-state index in [9.17, 15) is 18.0 Å². The van der Waals surface area contributed by atoms with Crippen molar-refractivity contribution in [1.82, 2.24) is 4.31 Å². The van der Waals surface area contributed by atoms with Gasteiger partial charge in [-0.25, -0.2) is 13.2 Å². The van der Waals surface area contributed by atoms with Crippen molar-refractivity contribution >= 4 is 21.9 Å². The highest BCUT2D eigenvalue weighted by Gasteiger charge is 2.22. The summed E-state index contributed by atoms with van der Waals surface area (Å²) in [6.45, 7) is 4.11. The van der Waals surface area contributed by atoms with Crippen LogP contribution in [-0.2, 0) is 21.4 Å². The van der Waals surface area contributed by atoms with Gasteiger partial charge >= 0.3 is 5.97 Å². The predicted octanol–water partition coefficient (Wildman–Crippen LogP) is 2.17. The largest absolute Gasteiger partial charge is 0.457 e. The molecule has 0 spiro atoms. The van der Waals surface area contributed by atoms with Crippen molar-refractivity contribution in [3.05, 3.63) is 65.2 Å². The summed E-state index contributed by atoms with van der Waals surface area (Å²) in [5.41, 5.74) is 6.28. The van der Waals surface area contributed by atoms with Crippen LogP contribution in [0.25, 0.3) is 0 Å². The van der Waals surface area contributed by atoms with Gasteiger partial charge in [0.15, 0.2) is 0 Å². The Balaban J connectivity index is 2.16. The summed E-state index contributed by atoms with van der Waals surface area (Å²) in [6.07, 6.45) is 0. The first-order valence-corrected chi connectivity index (χ1v) is 9.89. The third kappa shape index (κ3) is 4.93. The van der Waals surface area contributed by atoms with Gasteiger partial charge in [0.25, 0.3) is 0 Å². The average Bonchev–Trinajstić information content (AvgIpc) is 2.67. The molecule has 2 aromatic carbocycles. The van der Waals surface area contributed by atoms with E-state index < -0.39 is 21.9 Å². The number of esters is 1. The van der Waals surface area contributed by atoms with E-state index in [0.29, 0.717) is 24.2 Å². The van der Waals surface area contributed by atoms with E-state index in [-0.39, 0.29) is 17.1 Å². The maximum Gasteiger partial charge on any atom is 0.338 e. The molecule has 0 unspecified atom stereocenters. The summed E-state index contributed by atoms with van der Waals surface area (Å²) < 4.78 is 31.7. The number of carbonyl (C=O) groups is 2. The minimum absolute atomic E-state index is 0.0383. The maximum absolute atomic E-state index is 12.6. The molecule has 27 heavy (non-hydrogen) atoms. The number of ether oxygens (including phenoxy) is 1. The number of primary amides is 1. The van der Waals surface area contributed by atoms with Gasteiger partial charge in [0, 0.05) is 18.7 Å². The van der Waals surface area contributed by atoms with Gasteiger partial charge in [-0.15, -0.1) is 0 Å². The van der Waals surface area contributed by atoms with Crippen LogP contribution in [0.15, 0.2) is 53.4 Å². The molecule has 0 heterocycles. The molecule has 2 N–H and O–H groups in total. The Bertz CT molecular complexity index is 937. The van der Waals surface area contributed by atoms with Crippen LogP contribution in [0.4, 0.5) is 0 Å². The second-order valence-electron chi connectivity index (χ2n) is 5.76. The molecule has 0 aromatic heterocycles. The highest BCUT2D eigenvalue weighted by Crippen LogP contribution is 2.18. The van der Waals surface area contributed by atoms with Crippen LogP contribution in [-0.4, -0.2) is 37.7 Å². The molecule has 0 aliphatic heterocycles. The van der Waals surface area contributed by atoms with Crippen molar-refractivity contribution in [3.8, 4) is 0 Å². The smallest absolute Gasteiger partial charge is 0.338 e. The highest BCUT2D eigenvalue weighted by molar-refractivity contribution is 7.89. The van der Waals surface area contributed by atoms with E-state index in [4.69, 9.17) is 10.5 Å². The standard InChI is InChI=1S/C19H22N2O5S/c1-3-21(4-2)27(24,25)17-10-6-9-16(12-17)19(23)26-13-14-7-5-8-15(11-14)18(20)22/h5-12H,3-4,13H2,1-2H3,(H2,20,22). The van der Waals surface area contributed by atoms with Crippen molar-refractivity contribution in [3.63, 3.8) is 0 Å². The van der Waals surface area contributed by atoms with E-state index in [2.05, 4.69) is 0 Å². The van der Waals surface area contributed by atoms with Crippen LogP contribution in [0.3, 0.4) is 0 Å². The fraction of sp³-hybridized carbons (Fsp3) is 0.263. The van der Waals surface area contributed by atoms with Gasteiger partial charge in [0.05, 0.1) is 10.5 Å². The molecule has 0 saturated carbocycles. The summed E-state index contributed by atoms with van der Waals surface area (Å²) in [5.74, 6) is -1.23. The molecular weight excluding hydrogens is 368 g/mol. The maximum atomic E-state index is 12.6.